The van der Waals surface area contributed by atoms with Crippen molar-refractivity contribution in [3.63, 3.8) is 0 Å². The van der Waals surface area contributed by atoms with Crippen LogP contribution in [0.2, 0.25) is 0 Å². The molecule has 4 N–H and O–H groups in total. The first kappa shape index (κ1) is 24.0. The van der Waals surface area contributed by atoms with E-state index in [1.54, 1.807) is 0 Å². The van der Waals surface area contributed by atoms with E-state index in [1.165, 1.54) is 38.5 Å². The van der Waals surface area contributed by atoms with Gasteiger partial charge < -0.3 is 20.4 Å². The minimum atomic E-state index is -0.635. The van der Waals surface area contributed by atoms with E-state index in [-0.39, 0.29) is 16.7 Å². The predicted molar refractivity (Wildman–Crippen MR) is 123 cm³/mol. The van der Waals surface area contributed by atoms with Gasteiger partial charge in [-0.1, -0.05) is 34.6 Å². The lowest BCUT2D eigenvalue weighted by Gasteiger charge is -2.61. The van der Waals surface area contributed by atoms with Crippen LogP contribution in [0.25, 0.3) is 0 Å². The summed E-state index contributed by atoms with van der Waals surface area (Å²) in [6, 6.07) is 0. The molecule has 0 unspecified atom stereocenters. The summed E-state index contributed by atoms with van der Waals surface area (Å²) in [5.41, 5.74) is 0.397. The third-order valence-corrected chi connectivity index (χ3v) is 11.0. The zero-order valence-electron chi connectivity index (χ0n) is 20.5. The van der Waals surface area contributed by atoms with Crippen LogP contribution in [0.15, 0.2) is 0 Å². The third kappa shape index (κ3) is 3.92. The highest BCUT2D eigenvalue weighted by atomic mass is 16.3. The van der Waals surface area contributed by atoms with Crippen molar-refractivity contribution in [2.45, 2.75) is 117 Å². The summed E-state index contributed by atoms with van der Waals surface area (Å²) in [5.74, 6) is 3.57. The normalized spacial score (nSPS) is 50.3. The maximum Gasteiger partial charge on any atom is 0.0827 e. The van der Waals surface area contributed by atoms with Crippen LogP contribution in [0.5, 0.6) is 0 Å². The van der Waals surface area contributed by atoms with Crippen molar-refractivity contribution in [2.24, 2.45) is 52.3 Å². The molecule has 0 radical (unpaired) electrons. The van der Waals surface area contributed by atoms with Crippen LogP contribution < -0.4 is 0 Å². The van der Waals surface area contributed by atoms with Gasteiger partial charge in [-0.3, -0.25) is 0 Å². The lowest BCUT2D eigenvalue weighted by molar-refractivity contribution is -0.163. The summed E-state index contributed by atoms with van der Waals surface area (Å²) in [4.78, 5) is 0. The summed E-state index contributed by atoms with van der Waals surface area (Å²) >= 11 is 0. The fourth-order valence-corrected chi connectivity index (χ4v) is 9.39. The van der Waals surface area contributed by atoms with Gasteiger partial charge in [0.15, 0.2) is 0 Å². The van der Waals surface area contributed by atoms with Gasteiger partial charge in [-0.05, 0) is 110 Å². The molecule has 4 heteroatoms. The molecule has 4 nitrogen and oxygen atoms in total. The van der Waals surface area contributed by atoms with Crippen LogP contribution in [-0.4, -0.2) is 44.8 Å². The second-order valence-electron chi connectivity index (χ2n) is 13.0. The maximum absolute atomic E-state index is 11.0. The number of aliphatic hydroxyl groups is 4. The number of rotatable bonds is 5. The Kier molecular flexibility index (Phi) is 6.62. The Hall–Kier alpha value is -0.160. The standard InChI is InChI=1S/C27H48O4/c1-15(2)12-23(29)25(31)16(3)19-8-9-20-18-7-6-17-13-22(28)24(30)14-27(17,5)21(18)10-11-26(19,20)4/h15-25,28-31H,6-14H2,1-5H3/t16-,17+,18-,19+,20-,21-,22-,23+,24+,25+,26+,27-/m0/s1. The number of fused-ring (bicyclic) bond motifs is 5. The molecule has 180 valence electrons. The van der Waals surface area contributed by atoms with E-state index in [9.17, 15) is 20.4 Å². The van der Waals surface area contributed by atoms with Crippen molar-refractivity contribution in [1.29, 1.82) is 0 Å². The first-order valence-electron chi connectivity index (χ1n) is 13.2. The maximum atomic E-state index is 11.0. The molecule has 4 aliphatic carbocycles. The van der Waals surface area contributed by atoms with Gasteiger partial charge in [0.2, 0.25) is 0 Å². The van der Waals surface area contributed by atoms with Crippen molar-refractivity contribution in [3.8, 4) is 0 Å². The van der Waals surface area contributed by atoms with E-state index < -0.39 is 24.4 Å². The van der Waals surface area contributed by atoms with E-state index in [0.717, 1.165) is 12.8 Å². The topological polar surface area (TPSA) is 80.9 Å². The van der Waals surface area contributed by atoms with E-state index in [0.29, 0.717) is 41.9 Å². The molecule has 0 heterocycles. The second-order valence-corrected chi connectivity index (χ2v) is 13.0. The molecule has 4 aliphatic rings. The van der Waals surface area contributed by atoms with E-state index in [4.69, 9.17) is 0 Å². The summed E-state index contributed by atoms with van der Waals surface area (Å²) in [5, 5.41) is 42.4. The summed E-state index contributed by atoms with van der Waals surface area (Å²) < 4.78 is 0. The Balaban J connectivity index is 1.51. The Morgan fingerprint density at radius 3 is 2.19 bits per heavy atom. The van der Waals surface area contributed by atoms with E-state index >= 15 is 0 Å². The molecule has 0 saturated heterocycles. The molecule has 4 rings (SSSR count). The zero-order valence-corrected chi connectivity index (χ0v) is 20.5. The Labute approximate surface area is 189 Å². The van der Waals surface area contributed by atoms with Gasteiger partial charge in [-0.15, -0.1) is 0 Å². The van der Waals surface area contributed by atoms with Gasteiger partial charge in [-0.25, -0.2) is 0 Å². The summed E-state index contributed by atoms with van der Waals surface area (Å²) in [6.07, 6.45) is 7.07. The number of hydrogen-bond acceptors (Lipinski definition) is 4. The van der Waals surface area contributed by atoms with Gasteiger partial charge in [0, 0.05) is 0 Å². The molecule has 4 saturated carbocycles. The fourth-order valence-electron chi connectivity index (χ4n) is 9.39. The minimum Gasteiger partial charge on any atom is -0.390 e. The summed E-state index contributed by atoms with van der Waals surface area (Å²) in [7, 11) is 0. The highest BCUT2D eigenvalue weighted by molar-refractivity contribution is 5.11. The SMILES string of the molecule is CC(C)C[C@@H](O)[C@H](O)[C@@H](C)[C@H]1CC[C@H]2[C@@H]3CC[C@@H]4C[C@H](O)[C@H](O)C[C@]4(C)[C@H]3CC[C@]12C. The van der Waals surface area contributed by atoms with Gasteiger partial charge >= 0.3 is 0 Å². The quantitative estimate of drug-likeness (QED) is 0.515. The molecule has 4 fully saturated rings. The van der Waals surface area contributed by atoms with Crippen molar-refractivity contribution in [3.05, 3.63) is 0 Å². The average Bonchev–Trinajstić information content (AvgIpc) is 3.04. The zero-order chi connectivity index (χ0) is 22.7. The van der Waals surface area contributed by atoms with Crippen LogP contribution >= 0.6 is 0 Å². The largest absolute Gasteiger partial charge is 0.390 e. The Morgan fingerprint density at radius 2 is 1.52 bits per heavy atom. The molecule has 12 atom stereocenters. The smallest absolute Gasteiger partial charge is 0.0827 e. The first-order chi connectivity index (χ1) is 14.5. The molecular weight excluding hydrogens is 388 g/mol. The monoisotopic (exact) mass is 436 g/mol. The lowest BCUT2D eigenvalue weighted by Crippen LogP contribution is -2.57. The van der Waals surface area contributed by atoms with Crippen molar-refractivity contribution in [2.75, 3.05) is 0 Å². The number of aliphatic hydroxyl groups excluding tert-OH is 4. The van der Waals surface area contributed by atoms with Gasteiger partial charge in [0.1, 0.15) is 0 Å². The molecule has 0 aliphatic heterocycles. The second kappa shape index (κ2) is 8.56. The van der Waals surface area contributed by atoms with Gasteiger partial charge in [0.05, 0.1) is 24.4 Å². The first-order valence-corrected chi connectivity index (χ1v) is 13.2. The van der Waals surface area contributed by atoms with Crippen LogP contribution in [-0.2, 0) is 0 Å². The van der Waals surface area contributed by atoms with Crippen LogP contribution in [0.4, 0.5) is 0 Å². The van der Waals surface area contributed by atoms with Crippen molar-refractivity contribution < 1.29 is 20.4 Å². The van der Waals surface area contributed by atoms with Crippen LogP contribution in [0, 0.1) is 52.3 Å². The van der Waals surface area contributed by atoms with Crippen LogP contribution in [0.1, 0.15) is 92.4 Å². The van der Waals surface area contributed by atoms with Gasteiger partial charge in [0.25, 0.3) is 0 Å². The van der Waals surface area contributed by atoms with E-state index in [1.807, 2.05) is 0 Å². The fraction of sp³-hybridized carbons (Fsp3) is 1.00. The van der Waals surface area contributed by atoms with Gasteiger partial charge in [-0.2, -0.15) is 0 Å². The lowest BCUT2D eigenvalue weighted by atomic mass is 9.44. The summed E-state index contributed by atoms with van der Waals surface area (Å²) in [6.45, 7) is 11.3. The molecule has 31 heavy (non-hydrogen) atoms. The average molecular weight is 437 g/mol. The highest BCUT2D eigenvalue weighted by Crippen LogP contribution is 2.68. The molecule has 0 bridgehead atoms. The number of hydrogen-bond donors (Lipinski definition) is 4. The van der Waals surface area contributed by atoms with E-state index in [2.05, 4.69) is 34.6 Å². The third-order valence-electron chi connectivity index (χ3n) is 11.0. The minimum absolute atomic E-state index is 0.124. The molecular formula is C27H48O4. The predicted octanol–water partition coefficient (Wildman–Crippen LogP) is 4.38. The molecule has 0 amide bonds. The molecule has 0 aromatic rings. The molecule has 0 aromatic carbocycles. The Bertz CT molecular complexity index is 637. The van der Waals surface area contributed by atoms with Crippen molar-refractivity contribution >= 4 is 0 Å². The Morgan fingerprint density at radius 1 is 0.839 bits per heavy atom. The molecule has 0 spiro atoms. The molecule has 0 aromatic heterocycles. The van der Waals surface area contributed by atoms with Crippen LogP contribution in [0.3, 0.4) is 0 Å². The van der Waals surface area contributed by atoms with Crippen molar-refractivity contribution in [1.82, 2.24) is 0 Å². The highest BCUT2D eigenvalue weighted by Gasteiger charge is 2.61.